The fourth-order valence-corrected chi connectivity index (χ4v) is 8.07. The molecular formula is C35H39BrClN5O3. The highest BCUT2D eigenvalue weighted by atomic mass is 79.9. The van der Waals surface area contributed by atoms with Crippen LogP contribution in [0.1, 0.15) is 46.5 Å². The van der Waals surface area contributed by atoms with Gasteiger partial charge in [-0.3, -0.25) is 4.90 Å². The van der Waals surface area contributed by atoms with Crippen LogP contribution in [0.5, 0.6) is 5.88 Å². The predicted molar refractivity (Wildman–Crippen MR) is 183 cm³/mol. The predicted octanol–water partition coefficient (Wildman–Crippen LogP) is 7.93. The van der Waals surface area contributed by atoms with Crippen LogP contribution in [0.3, 0.4) is 0 Å². The molecule has 0 bridgehead atoms. The average Bonchev–Trinajstić information content (AvgIpc) is 3.61. The quantitative estimate of drug-likeness (QED) is 0.210. The van der Waals surface area contributed by atoms with Crippen LogP contribution in [0.4, 0.5) is 10.6 Å². The summed E-state index contributed by atoms with van der Waals surface area (Å²) < 4.78 is 13.1. The summed E-state index contributed by atoms with van der Waals surface area (Å²) in [5.74, 6) is 1.44. The Bertz CT molecular complexity index is 1750. The van der Waals surface area contributed by atoms with Crippen LogP contribution in [0.2, 0.25) is 5.02 Å². The zero-order valence-corrected chi connectivity index (χ0v) is 28.5. The van der Waals surface area contributed by atoms with Gasteiger partial charge in [0, 0.05) is 42.2 Å². The van der Waals surface area contributed by atoms with Crippen molar-refractivity contribution in [3.63, 3.8) is 0 Å². The molecule has 3 fully saturated rings. The van der Waals surface area contributed by atoms with Crippen LogP contribution in [-0.4, -0.2) is 82.9 Å². The first-order valence-corrected chi connectivity index (χ1v) is 17.1. The number of halogens is 2. The second kappa shape index (κ2) is 11.9. The molecule has 3 aliphatic heterocycles. The van der Waals surface area contributed by atoms with Crippen molar-refractivity contribution in [3.05, 3.63) is 58.0 Å². The van der Waals surface area contributed by atoms with E-state index in [1.807, 2.05) is 45.0 Å². The lowest BCUT2D eigenvalue weighted by Gasteiger charge is -2.36. The second-order valence-corrected chi connectivity index (χ2v) is 14.7. The number of pyridine rings is 2. The molecule has 0 saturated carbocycles. The van der Waals surface area contributed by atoms with E-state index in [9.17, 15) is 4.79 Å². The Morgan fingerprint density at radius 3 is 2.38 bits per heavy atom. The van der Waals surface area contributed by atoms with Gasteiger partial charge in [-0.05, 0) is 99.1 Å². The first-order chi connectivity index (χ1) is 21.6. The molecule has 1 amide bonds. The number of rotatable bonds is 5. The standard InChI is InChI=1S/C35H39BrClN5O3/c1-34(2,3)45-33(43)41-20-18-40(19-21-41)27-13-12-25-31(38-27)29(36)30(24-10-4-8-23-9-5-11-26(37)28(23)24)39-32(25)44-22-35-14-6-16-42(35)17-7-15-35/h4-5,8-13H,6-7,14-22H2,1-3H3. The third-order valence-electron chi connectivity index (χ3n) is 9.39. The Morgan fingerprint density at radius 2 is 1.67 bits per heavy atom. The monoisotopic (exact) mass is 691 g/mol. The minimum Gasteiger partial charge on any atom is -0.475 e. The van der Waals surface area contributed by atoms with Crippen molar-refractivity contribution in [2.24, 2.45) is 0 Å². The first kappa shape index (κ1) is 30.5. The summed E-state index contributed by atoms with van der Waals surface area (Å²) in [5.41, 5.74) is 2.04. The molecule has 0 radical (unpaired) electrons. The number of amides is 1. The number of benzene rings is 2. The Balaban J connectivity index is 1.26. The van der Waals surface area contributed by atoms with E-state index in [1.54, 1.807) is 4.90 Å². The van der Waals surface area contributed by atoms with E-state index in [-0.39, 0.29) is 11.6 Å². The topological polar surface area (TPSA) is 71.0 Å². The molecule has 3 saturated heterocycles. The second-order valence-electron chi connectivity index (χ2n) is 13.5. The Hall–Kier alpha value is -3.14. The van der Waals surface area contributed by atoms with Gasteiger partial charge in [0.2, 0.25) is 5.88 Å². The highest BCUT2D eigenvalue weighted by molar-refractivity contribution is 9.10. The molecule has 8 nitrogen and oxygen atoms in total. The Kier molecular flexibility index (Phi) is 8.07. The fourth-order valence-electron chi connectivity index (χ4n) is 7.18. The number of ether oxygens (including phenoxy) is 2. The maximum Gasteiger partial charge on any atom is 0.410 e. The summed E-state index contributed by atoms with van der Waals surface area (Å²) in [7, 11) is 0. The minimum atomic E-state index is -0.520. The molecule has 0 unspecified atom stereocenters. The van der Waals surface area contributed by atoms with Crippen LogP contribution in [0, 0.1) is 0 Å². The van der Waals surface area contributed by atoms with Crippen molar-refractivity contribution in [3.8, 4) is 17.1 Å². The van der Waals surface area contributed by atoms with Crippen LogP contribution in [0.25, 0.3) is 32.9 Å². The van der Waals surface area contributed by atoms with Crippen molar-refractivity contribution in [1.82, 2.24) is 19.8 Å². The normalized spacial score (nSPS) is 18.5. The molecule has 0 spiro atoms. The highest BCUT2D eigenvalue weighted by Crippen LogP contribution is 2.43. The van der Waals surface area contributed by atoms with Gasteiger partial charge in [-0.25, -0.2) is 14.8 Å². The van der Waals surface area contributed by atoms with Gasteiger partial charge in [-0.2, -0.15) is 0 Å². The molecule has 0 atom stereocenters. The van der Waals surface area contributed by atoms with E-state index in [2.05, 4.69) is 50.0 Å². The molecule has 2 aromatic carbocycles. The van der Waals surface area contributed by atoms with E-state index < -0.39 is 5.60 Å². The maximum absolute atomic E-state index is 12.7. The van der Waals surface area contributed by atoms with Crippen molar-refractivity contribution < 1.29 is 14.3 Å². The molecule has 236 valence electrons. The van der Waals surface area contributed by atoms with Gasteiger partial charge in [-0.1, -0.05) is 41.9 Å². The lowest BCUT2D eigenvalue weighted by atomic mass is 9.95. The van der Waals surface area contributed by atoms with Crippen LogP contribution in [-0.2, 0) is 4.74 Å². The lowest BCUT2D eigenvalue weighted by Crippen LogP contribution is -2.50. The number of hydrogen-bond donors (Lipinski definition) is 0. The van der Waals surface area contributed by atoms with Gasteiger partial charge in [-0.15, -0.1) is 0 Å². The molecule has 0 aliphatic carbocycles. The van der Waals surface area contributed by atoms with E-state index >= 15 is 0 Å². The largest absolute Gasteiger partial charge is 0.475 e. The lowest BCUT2D eigenvalue weighted by molar-refractivity contribution is 0.0240. The van der Waals surface area contributed by atoms with Gasteiger partial charge >= 0.3 is 6.09 Å². The molecule has 10 heteroatoms. The first-order valence-electron chi connectivity index (χ1n) is 15.9. The number of anilines is 1. The summed E-state index contributed by atoms with van der Waals surface area (Å²) in [6.07, 6.45) is 4.47. The number of nitrogens with zero attached hydrogens (tertiary/aromatic N) is 5. The SMILES string of the molecule is CC(C)(C)OC(=O)N1CCN(c2ccc3c(OCC45CCCN4CCC5)nc(-c4cccc5cccc(Cl)c45)c(Br)c3n2)CC1. The fraction of sp³-hybridized carbons (Fsp3) is 0.457. The van der Waals surface area contributed by atoms with Crippen LogP contribution >= 0.6 is 27.5 Å². The molecule has 7 rings (SSSR count). The minimum absolute atomic E-state index is 0.0885. The van der Waals surface area contributed by atoms with Gasteiger partial charge in [0.05, 0.1) is 26.6 Å². The van der Waals surface area contributed by atoms with E-state index in [0.29, 0.717) is 43.7 Å². The van der Waals surface area contributed by atoms with Crippen molar-refractivity contribution in [2.75, 3.05) is 50.8 Å². The Morgan fingerprint density at radius 1 is 0.956 bits per heavy atom. The molecule has 5 heterocycles. The number of carbonyl (C=O) groups is 1. The molecule has 3 aliphatic rings. The van der Waals surface area contributed by atoms with Gasteiger partial charge in [0.15, 0.2) is 0 Å². The van der Waals surface area contributed by atoms with E-state index in [0.717, 1.165) is 69.2 Å². The molecule has 4 aromatic rings. The Labute approximate surface area is 277 Å². The van der Waals surface area contributed by atoms with Gasteiger partial charge < -0.3 is 19.3 Å². The maximum atomic E-state index is 12.7. The zero-order chi connectivity index (χ0) is 31.3. The summed E-state index contributed by atoms with van der Waals surface area (Å²) >= 11 is 10.7. The van der Waals surface area contributed by atoms with Crippen molar-refractivity contribution >= 4 is 61.1 Å². The summed E-state index contributed by atoms with van der Waals surface area (Å²) in [6.45, 7) is 11.0. The molecule has 2 aromatic heterocycles. The van der Waals surface area contributed by atoms with E-state index in [4.69, 9.17) is 31.0 Å². The van der Waals surface area contributed by atoms with Crippen LogP contribution < -0.4 is 9.64 Å². The number of fused-ring (bicyclic) bond motifs is 3. The average molecular weight is 693 g/mol. The van der Waals surface area contributed by atoms with Crippen molar-refractivity contribution in [1.29, 1.82) is 0 Å². The smallest absolute Gasteiger partial charge is 0.410 e. The summed E-state index contributed by atoms with van der Waals surface area (Å²) in [5, 5.41) is 3.54. The van der Waals surface area contributed by atoms with Gasteiger partial charge in [0.1, 0.15) is 18.0 Å². The highest BCUT2D eigenvalue weighted by Gasteiger charge is 2.45. The van der Waals surface area contributed by atoms with Gasteiger partial charge in [0.25, 0.3) is 0 Å². The number of carbonyl (C=O) groups excluding carboxylic acids is 1. The van der Waals surface area contributed by atoms with E-state index in [1.165, 1.54) is 12.8 Å². The summed E-state index contributed by atoms with van der Waals surface area (Å²) in [4.78, 5) is 29.6. The number of aromatic nitrogens is 2. The number of hydrogen-bond acceptors (Lipinski definition) is 7. The third-order valence-corrected chi connectivity index (χ3v) is 10.5. The zero-order valence-electron chi connectivity index (χ0n) is 26.1. The van der Waals surface area contributed by atoms with Crippen molar-refractivity contribution in [2.45, 2.75) is 57.6 Å². The molecule has 45 heavy (non-hydrogen) atoms. The molecule has 0 N–H and O–H groups in total. The van der Waals surface area contributed by atoms with Crippen LogP contribution in [0.15, 0.2) is 53.0 Å². The molecular weight excluding hydrogens is 654 g/mol. The third kappa shape index (κ3) is 5.83. The summed E-state index contributed by atoms with van der Waals surface area (Å²) in [6, 6.07) is 16.2. The number of piperazine rings is 1.